The van der Waals surface area contributed by atoms with E-state index in [0.29, 0.717) is 35.0 Å². The summed E-state index contributed by atoms with van der Waals surface area (Å²) >= 11 is 6.20. The van der Waals surface area contributed by atoms with Crippen molar-refractivity contribution in [1.82, 2.24) is 0 Å². The quantitative estimate of drug-likeness (QED) is 0.717. The molecule has 0 saturated carbocycles. The van der Waals surface area contributed by atoms with Gasteiger partial charge in [0.25, 0.3) is 5.91 Å². The van der Waals surface area contributed by atoms with E-state index in [2.05, 4.69) is 10.6 Å². The van der Waals surface area contributed by atoms with Crippen molar-refractivity contribution in [2.24, 2.45) is 0 Å². The van der Waals surface area contributed by atoms with Gasteiger partial charge >= 0.3 is 0 Å². The van der Waals surface area contributed by atoms with Crippen molar-refractivity contribution >= 4 is 34.8 Å². The van der Waals surface area contributed by atoms with Crippen molar-refractivity contribution in [3.05, 3.63) is 47.0 Å². The molecule has 144 valence electrons. The van der Waals surface area contributed by atoms with Crippen molar-refractivity contribution in [2.75, 3.05) is 38.1 Å². The molecule has 2 N–H and O–H groups in total. The Kier molecular flexibility index (Phi) is 7.45. The number of anilines is 2. The first-order valence-corrected chi connectivity index (χ1v) is 8.56. The second kappa shape index (κ2) is 9.80. The molecule has 0 aromatic heterocycles. The largest absolute Gasteiger partial charge is 0.493 e. The molecule has 2 rings (SSSR count). The second-order valence-corrected chi connectivity index (χ2v) is 5.84. The zero-order valence-electron chi connectivity index (χ0n) is 15.3. The molecule has 2 amide bonds. The van der Waals surface area contributed by atoms with Gasteiger partial charge in [-0.25, -0.2) is 0 Å². The van der Waals surface area contributed by atoms with Gasteiger partial charge in [-0.3, -0.25) is 9.59 Å². The maximum absolute atomic E-state index is 12.5. The Labute approximate surface area is 162 Å². The van der Waals surface area contributed by atoms with Gasteiger partial charge < -0.3 is 24.8 Å². The average molecular weight is 393 g/mol. The van der Waals surface area contributed by atoms with Crippen LogP contribution in [-0.4, -0.2) is 39.2 Å². The van der Waals surface area contributed by atoms with E-state index in [1.165, 1.54) is 20.3 Å². The van der Waals surface area contributed by atoms with Gasteiger partial charge in [-0.15, -0.1) is 0 Å². The molecule has 0 atom stereocenters. The van der Waals surface area contributed by atoms with Crippen LogP contribution in [-0.2, 0) is 9.53 Å². The summed E-state index contributed by atoms with van der Waals surface area (Å²) in [5, 5.41) is 5.72. The number of halogens is 1. The molecule has 0 aliphatic heterocycles. The van der Waals surface area contributed by atoms with Gasteiger partial charge in [-0.1, -0.05) is 11.6 Å². The highest BCUT2D eigenvalue weighted by molar-refractivity contribution is 6.32. The van der Waals surface area contributed by atoms with Gasteiger partial charge in [0.15, 0.2) is 11.5 Å². The second-order valence-electron chi connectivity index (χ2n) is 5.44. The van der Waals surface area contributed by atoms with E-state index in [-0.39, 0.29) is 23.4 Å². The molecule has 0 bridgehead atoms. The number of rotatable bonds is 8. The van der Waals surface area contributed by atoms with E-state index >= 15 is 0 Å². The third kappa shape index (κ3) is 5.60. The van der Waals surface area contributed by atoms with Crippen LogP contribution in [0.4, 0.5) is 11.4 Å². The van der Waals surface area contributed by atoms with Crippen LogP contribution in [0, 0.1) is 0 Å². The van der Waals surface area contributed by atoms with Gasteiger partial charge in [0, 0.05) is 24.0 Å². The van der Waals surface area contributed by atoms with Crippen LogP contribution in [0.5, 0.6) is 11.5 Å². The van der Waals surface area contributed by atoms with Crippen LogP contribution in [0.15, 0.2) is 36.4 Å². The van der Waals surface area contributed by atoms with Crippen LogP contribution in [0.2, 0.25) is 5.02 Å². The predicted molar refractivity (Wildman–Crippen MR) is 104 cm³/mol. The van der Waals surface area contributed by atoms with E-state index in [4.69, 9.17) is 25.8 Å². The summed E-state index contributed by atoms with van der Waals surface area (Å²) in [6.45, 7) is 2.23. The fraction of sp³-hybridized carbons (Fsp3) is 0.263. The lowest BCUT2D eigenvalue weighted by atomic mass is 10.1. The molecule has 2 aromatic rings. The highest BCUT2D eigenvalue weighted by Crippen LogP contribution is 2.36. The van der Waals surface area contributed by atoms with E-state index in [9.17, 15) is 9.59 Å². The molecular formula is C19H21ClN2O5. The lowest BCUT2D eigenvalue weighted by Crippen LogP contribution is -2.17. The molecule has 8 heteroatoms. The van der Waals surface area contributed by atoms with Crippen molar-refractivity contribution in [3.8, 4) is 11.5 Å². The van der Waals surface area contributed by atoms with Gasteiger partial charge in [0.05, 0.1) is 18.7 Å². The molecule has 0 aliphatic carbocycles. The third-order valence-corrected chi connectivity index (χ3v) is 3.76. The fourth-order valence-corrected chi connectivity index (χ4v) is 2.57. The summed E-state index contributed by atoms with van der Waals surface area (Å²) < 4.78 is 15.4. The molecule has 27 heavy (non-hydrogen) atoms. The Hall–Kier alpha value is -2.77. The molecule has 0 aliphatic rings. The smallest absolute Gasteiger partial charge is 0.255 e. The highest BCUT2D eigenvalue weighted by Gasteiger charge is 2.16. The fourth-order valence-electron chi connectivity index (χ4n) is 2.30. The molecule has 0 spiro atoms. The predicted octanol–water partition coefficient (Wildman–Crippen LogP) is 3.58. The normalized spacial score (nSPS) is 10.2. The Bertz CT molecular complexity index is 808. The standard InChI is InChI=1S/C19H21ClN2O5/c1-4-27-18-15(20)9-12(10-16(18)26-3)19(24)22-14-7-5-13(6-8-14)21-17(23)11-25-2/h5-10H,4,11H2,1-3H3,(H,21,23)(H,22,24). The Morgan fingerprint density at radius 2 is 1.67 bits per heavy atom. The Morgan fingerprint density at radius 3 is 2.22 bits per heavy atom. The van der Waals surface area contributed by atoms with Crippen molar-refractivity contribution in [3.63, 3.8) is 0 Å². The zero-order valence-corrected chi connectivity index (χ0v) is 16.1. The average Bonchev–Trinajstić information content (AvgIpc) is 2.65. The van der Waals surface area contributed by atoms with Gasteiger partial charge in [-0.2, -0.15) is 0 Å². The molecule has 0 saturated heterocycles. The molecule has 0 radical (unpaired) electrons. The summed E-state index contributed by atoms with van der Waals surface area (Å²) in [4.78, 5) is 24.0. The van der Waals surface area contributed by atoms with E-state index in [1.807, 2.05) is 6.92 Å². The SMILES string of the molecule is CCOc1c(Cl)cc(C(=O)Nc2ccc(NC(=O)COC)cc2)cc1OC. The van der Waals surface area contributed by atoms with Crippen LogP contribution in [0.3, 0.4) is 0 Å². The molecule has 2 aromatic carbocycles. The Morgan fingerprint density at radius 1 is 1.04 bits per heavy atom. The van der Waals surface area contributed by atoms with Gasteiger partial charge in [0.2, 0.25) is 5.91 Å². The van der Waals surface area contributed by atoms with Crippen LogP contribution >= 0.6 is 11.6 Å². The zero-order chi connectivity index (χ0) is 19.8. The van der Waals surface area contributed by atoms with Gasteiger partial charge in [0.1, 0.15) is 6.61 Å². The maximum Gasteiger partial charge on any atom is 0.255 e. The number of methoxy groups -OCH3 is 2. The number of amides is 2. The molecular weight excluding hydrogens is 372 g/mol. The number of benzene rings is 2. The first-order valence-electron chi connectivity index (χ1n) is 8.19. The number of hydrogen-bond acceptors (Lipinski definition) is 5. The van der Waals surface area contributed by atoms with Crippen molar-refractivity contribution in [1.29, 1.82) is 0 Å². The molecule has 0 fully saturated rings. The first kappa shape index (κ1) is 20.5. The summed E-state index contributed by atoms with van der Waals surface area (Å²) in [7, 11) is 2.92. The van der Waals surface area contributed by atoms with Crippen LogP contribution < -0.4 is 20.1 Å². The van der Waals surface area contributed by atoms with E-state index < -0.39 is 0 Å². The third-order valence-electron chi connectivity index (χ3n) is 3.48. The number of carbonyl (C=O) groups is 2. The van der Waals surface area contributed by atoms with Crippen LogP contribution in [0.25, 0.3) is 0 Å². The number of nitrogens with one attached hydrogen (secondary N) is 2. The number of hydrogen-bond donors (Lipinski definition) is 2. The van der Waals surface area contributed by atoms with E-state index in [1.54, 1.807) is 30.3 Å². The number of ether oxygens (including phenoxy) is 3. The minimum Gasteiger partial charge on any atom is -0.493 e. The topological polar surface area (TPSA) is 85.9 Å². The first-order chi connectivity index (χ1) is 13.0. The summed E-state index contributed by atoms with van der Waals surface area (Å²) in [6, 6.07) is 9.78. The minimum absolute atomic E-state index is 0.0289. The van der Waals surface area contributed by atoms with Crippen molar-refractivity contribution < 1.29 is 23.8 Å². The van der Waals surface area contributed by atoms with Crippen molar-refractivity contribution in [2.45, 2.75) is 6.92 Å². The summed E-state index contributed by atoms with van der Waals surface area (Å²) in [5.74, 6) is 0.167. The maximum atomic E-state index is 12.5. The van der Waals surface area contributed by atoms with Crippen LogP contribution in [0.1, 0.15) is 17.3 Å². The molecule has 7 nitrogen and oxygen atoms in total. The van der Waals surface area contributed by atoms with E-state index in [0.717, 1.165) is 0 Å². The monoisotopic (exact) mass is 392 g/mol. The lowest BCUT2D eigenvalue weighted by Gasteiger charge is -2.13. The summed E-state index contributed by atoms with van der Waals surface area (Å²) in [5.41, 5.74) is 1.49. The molecule has 0 unspecified atom stereocenters. The minimum atomic E-state index is -0.352. The van der Waals surface area contributed by atoms with Gasteiger partial charge in [-0.05, 0) is 43.3 Å². The summed E-state index contributed by atoms with van der Waals surface area (Å²) in [6.07, 6.45) is 0. The Balaban J connectivity index is 2.10. The highest BCUT2D eigenvalue weighted by atomic mass is 35.5. The number of carbonyl (C=O) groups excluding carboxylic acids is 2. The molecule has 0 heterocycles. The lowest BCUT2D eigenvalue weighted by molar-refractivity contribution is -0.119.